The molecule has 1 N–H and O–H groups in total. The highest BCUT2D eigenvalue weighted by atomic mass is 16.5. The average molecular weight is 213 g/mol. The molecular formula is C12H23NO2. The molecule has 1 aliphatic carbocycles. The van der Waals surface area contributed by atoms with Crippen molar-refractivity contribution >= 4 is 5.97 Å². The van der Waals surface area contributed by atoms with Crippen LogP contribution in [0, 0.1) is 5.41 Å². The first-order chi connectivity index (χ1) is 7.00. The van der Waals surface area contributed by atoms with Crippen LogP contribution >= 0.6 is 0 Å². The van der Waals surface area contributed by atoms with Gasteiger partial charge in [0.2, 0.25) is 0 Å². The maximum absolute atomic E-state index is 12.0. The number of ether oxygens (including phenoxy) is 1. The van der Waals surface area contributed by atoms with Gasteiger partial charge in [-0.15, -0.1) is 0 Å². The van der Waals surface area contributed by atoms with Crippen molar-refractivity contribution in [1.82, 2.24) is 5.32 Å². The molecule has 0 heterocycles. The van der Waals surface area contributed by atoms with Crippen molar-refractivity contribution in [1.29, 1.82) is 0 Å². The van der Waals surface area contributed by atoms with Gasteiger partial charge in [-0.25, -0.2) is 0 Å². The Bertz CT molecular complexity index is 236. The van der Waals surface area contributed by atoms with Gasteiger partial charge in [0.15, 0.2) is 0 Å². The summed E-state index contributed by atoms with van der Waals surface area (Å²) in [4.78, 5) is 12.0. The van der Waals surface area contributed by atoms with E-state index in [1.165, 1.54) is 0 Å². The molecule has 0 aromatic rings. The molecule has 0 amide bonds. The smallest absolute Gasteiger partial charge is 0.326 e. The Balaban J connectivity index is 2.71. The number of hydrogen-bond acceptors (Lipinski definition) is 3. The zero-order valence-electron chi connectivity index (χ0n) is 10.4. The number of nitrogens with one attached hydrogen (secondary N) is 1. The summed E-state index contributed by atoms with van der Waals surface area (Å²) in [5, 5.41) is 3.36. The van der Waals surface area contributed by atoms with E-state index in [2.05, 4.69) is 19.2 Å². The molecule has 15 heavy (non-hydrogen) atoms. The normalized spacial score (nSPS) is 21.9. The molecule has 0 spiro atoms. The second-order valence-electron chi connectivity index (χ2n) is 4.83. The predicted molar refractivity (Wildman–Crippen MR) is 60.7 cm³/mol. The van der Waals surface area contributed by atoms with Gasteiger partial charge in [-0.2, -0.15) is 0 Å². The summed E-state index contributed by atoms with van der Waals surface area (Å²) in [6, 6.07) is 0. The van der Waals surface area contributed by atoms with Crippen LogP contribution in [0.15, 0.2) is 0 Å². The zero-order chi connectivity index (χ0) is 11.5. The monoisotopic (exact) mass is 213 g/mol. The quantitative estimate of drug-likeness (QED) is 0.687. The lowest BCUT2D eigenvalue weighted by atomic mass is 9.83. The van der Waals surface area contributed by atoms with Gasteiger partial charge >= 0.3 is 5.97 Å². The van der Waals surface area contributed by atoms with Gasteiger partial charge in [0.25, 0.3) is 0 Å². The van der Waals surface area contributed by atoms with Gasteiger partial charge in [0.1, 0.15) is 5.54 Å². The lowest BCUT2D eigenvalue weighted by molar-refractivity contribution is -0.153. The first-order valence-electron chi connectivity index (χ1n) is 5.92. The first-order valence-corrected chi connectivity index (χ1v) is 5.92. The molecule has 0 aliphatic heterocycles. The summed E-state index contributed by atoms with van der Waals surface area (Å²) >= 11 is 0. The second-order valence-corrected chi connectivity index (χ2v) is 4.83. The van der Waals surface area contributed by atoms with E-state index in [-0.39, 0.29) is 11.4 Å². The maximum atomic E-state index is 12.0. The number of esters is 1. The summed E-state index contributed by atoms with van der Waals surface area (Å²) in [6.45, 7) is 9.42. The minimum Gasteiger partial charge on any atom is -0.465 e. The topological polar surface area (TPSA) is 38.3 Å². The lowest BCUT2D eigenvalue weighted by Crippen LogP contribution is -2.56. The Kier molecular flexibility index (Phi) is 3.77. The van der Waals surface area contributed by atoms with Crippen LogP contribution < -0.4 is 5.32 Å². The molecule has 1 saturated carbocycles. The van der Waals surface area contributed by atoms with Crippen LogP contribution in [0.1, 0.15) is 47.0 Å². The standard InChI is InChI=1S/C12H23NO2/c1-5-9-13-12(4,10(14)15-6-2)11(3)7-8-11/h13H,5-9H2,1-4H3. The molecule has 3 nitrogen and oxygen atoms in total. The third kappa shape index (κ3) is 2.33. The van der Waals surface area contributed by atoms with Crippen LogP contribution in [0.5, 0.6) is 0 Å². The summed E-state index contributed by atoms with van der Waals surface area (Å²) in [5.41, 5.74) is -0.409. The lowest BCUT2D eigenvalue weighted by Gasteiger charge is -2.34. The summed E-state index contributed by atoms with van der Waals surface area (Å²) < 4.78 is 5.17. The fourth-order valence-corrected chi connectivity index (χ4v) is 1.87. The van der Waals surface area contributed by atoms with Gasteiger partial charge in [-0.05, 0) is 45.1 Å². The van der Waals surface area contributed by atoms with Crippen LogP contribution in [0.2, 0.25) is 0 Å². The molecule has 3 heteroatoms. The molecule has 1 aliphatic rings. The van der Waals surface area contributed by atoms with Crippen LogP contribution in [0.25, 0.3) is 0 Å². The largest absolute Gasteiger partial charge is 0.465 e. The van der Waals surface area contributed by atoms with Crippen molar-refractivity contribution in [3.05, 3.63) is 0 Å². The number of hydrogen-bond donors (Lipinski definition) is 1. The van der Waals surface area contributed by atoms with Crippen LogP contribution in [-0.2, 0) is 9.53 Å². The van der Waals surface area contributed by atoms with E-state index in [9.17, 15) is 4.79 Å². The highest BCUT2D eigenvalue weighted by Crippen LogP contribution is 2.53. The highest BCUT2D eigenvalue weighted by Gasteiger charge is 2.57. The molecule has 0 aromatic carbocycles. The molecule has 0 aromatic heterocycles. The van der Waals surface area contributed by atoms with Crippen molar-refractivity contribution in [3.8, 4) is 0 Å². The Labute approximate surface area is 92.6 Å². The summed E-state index contributed by atoms with van der Waals surface area (Å²) in [6.07, 6.45) is 3.25. The maximum Gasteiger partial charge on any atom is 0.326 e. The van der Waals surface area contributed by atoms with Crippen molar-refractivity contribution < 1.29 is 9.53 Å². The molecular weight excluding hydrogens is 190 g/mol. The summed E-state index contributed by atoms with van der Waals surface area (Å²) in [7, 11) is 0. The molecule has 0 saturated heterocycles. The Morgan fingerprint density at radius 1 is 1.47 bits per heavy atom. The number of carbonyl (C=O) groups excluding carboxylic acids is 1. The minimum atomic E-state index is -0.501. The van der Waals surface area contributed by atoms with E-state index in [4.69, 9.17) is 4.74 Å². The number of rotatable bonds is 6. The van der Waals surface area contributed by atoms with Crippen molar-refractivity contribution in [2.45, 2.75) is 52.5 Å². The van der Waals surface area contributed by atoms with E-state index >= 15 is 0 Å². The zero-order valence-corrected chi connectivity index (χ0v) is 10.4. The fourth-order valence-electron chi connectivity index (χ4n) is 1.87. The van der Waals surface area contributed by atoms with Gasteiger partial charge in [0.05, 0.1) is 6.61 Å². The third-order valence-electron chi connectivity index (χ3n) is 3.62. The van der Waals surface area contributed by atoms with Crippen LogP contribution in [-0.4, -0.2) is 24.7 Å². The first kappa shape index (κ1) is 12.5. The van der Waals surface area contributed by atoms with Crippen molar-refractivity contribution in [2.24, 2.45) is 5.41 Å². The Morgan fingerprint density at radius 2 is 2.07 bits per heavy atom. The Morgan fingerprint density at radius 3 is 2.47 bits per heavy atom. The average Bonchev–Trinajstić information content (AvgIpc) is 2.94. The molecule has 1 fully saturated rings. The molecule has 1 atom stereocenters. The van der Waals surface area contributed by atoms with Crippen molar-refractivity contribution in [2.75, 3.05) is 13.2 Å². The van der Waals surface area contributed by atoms with E-state index in [1.807, 2.05) is 13.8 Å². The molecule has 1 rings (SSSR count). The van der Waals surface area contributed by atoms with Gasteiger partial charge in [-0.3, -0.25) is 4.79 Å². The van der Waals surface area contributed by atoms with Crippen LogP contribution in [0.3, 0.4) is 0 Å². The molecule has 0 bridgehead atoms. The molecule has 0 radical (unpaired) electrons. The summed E-state index contributed by atoms with van der Waals surface area (Å²) in [5.74, 6) is -0.0987. The Hall–Kier alpha value is -0.570. The van der Waals surface area contributed by atoms with Crippen molar-refractivity contribution in [3.63, 3.8) is 0 Å². The third-order valence-corrected chi connectivity index (χ3v) is 3.62. The van der Waals surface area contributed by atoms with Crippen LogP contribution in [0.4, 0.5) is 0 Å². The van der Waals surface area contributed by atoms with Gasteiger partial charge in [0, 0.05) is 0 Å². The predicted octanol–water partition coefficient (Wildman–Crippen LogP) is 2.11. The molecule has 1 unspecified atom stereocenters. The molecule has 88 valence electrons. The van der Waals surface area contributed by atoms with E-state index in [0.717, 1.165) is 25.8 Å². The second kappa shape index (κ2) is 4.52. The fraction of sp³-hybridized carbons (Fsp3) is 0.917. The van der Waals surface area contributed by atoms with E-state index in [0.29, 0.717) is 6.61 Å². The van der Waals surface area contributed by atoms with E-state index in [1.54, 1.807) is 0 Å². The SMILES string of the molecule is CCCNC(C)(C(=O)OCC)C1(C)CC1. The number of carbonyl (C=O) groups is 1. The van der Waals surface area contributed by atoms with Gasteiger partial charge in [-0.1, -0.05) is 13.8 Å². The minimum absolute atomic E-state index is 0.0917. The van der Waals surface area contributed by atoms with Gasteiger partial charge < -0.3 is 10.1 Å². The highest BCUT2D eigenvalue weighted by molar-refractivity contribution is 5.82. The van der Waals surface area contributed by atoms with E-state index < -0.39 is 5.54 Å².